The van der Waals surface area contributed by atoms with Crippen molar-refractivity contribution in [2.75, 3.05) is 0 Å². The number of nitrogens with zero attached hydrogens (tertiary/aromatic N) is 5. The Labute approximate surface area is 188 Å². The standard InChI is InChI=1S/C24H23N5S2/c1-14(2)19-17-11-7-6-10-16(17)18-20-21(31-23(18)26-19)22-27-28-24(29(22)13-25-20)30-12-15-8-4-3-5-9-15/h3-5,8-9,13-14H,6-7,10-12H2,1-2H3. The summed E-state index contributed by atoms with van der Waals surface area (Å²) in [5.74, 6) is 1.29. The minimum absolute atomic E-state index is 0.434. The number of fused-ring (bicyclic) bond motifs is 7. The first-order chi connectivity index (χ1) is 15.2. The number of rotatable bonds is 4. The maximum atomic E-state index is 5.13. The highest BCUT2D eigenvalue weighted by Gasteiger charge is 2.24. The Hall–Kier alpha value is -2.51. The zero-order valence-corrected chi connectivity index (χ0v) is 19.3. The van der Waals surface area contributed by atoms with E-state index < -0.39 is 0 Å². The largest absolute Gasteiger partial charge is 0.259 e. The second kappa shape index (κ2) is 7.57. The highest BCUT2D eigenvalue weighted by molar-refractivity contribution is 7.98. The van der Waals surface area contributed by atoms with Crippen LogP contribution in [-0.2, 0) is 18.6 Å². The molecule has 4 aromatic heterocycles. The van der Waals surface area contributed by atoms with E-state index in [4.69, 9.17) is 9.97 Å². The van der Waals surface area contributed by atoms with Crippen molar-refractivity contribution >= 4 is 49.2 Å². The second-order valence-corrected chi connectivity index (χ2v) is 10.4. The lowest BCUT2D eigenvalue weighted by Crippen LogP contribution is -2.10. The topological polar surface area (TPSA) is 56.0 Å². The Morgan fingerprint density at radius 2 is 1.87 bits per heavy atom. The molecule has 0 atom stereocenters. The second-order valence-electron chi connectivity index (χ2n) is 8.47. The van der Waals surface area contributed by atoms with Crippen LogP contribution in [0.4, 0.5) is 0 Å². The number of aromatic nitrogens is 5. The van der Waals surface area contributed by atoms with Crippen LogP contribution in [0.2, 0.25) is 0 Å². The molecule has 5 aromatic rings. The van der Waals surface area contributed by atoms with Crippen molar-refractivity contribution in [3.05, 3.63) is 59.0 Å². The summed E-state index contributed by atoms with van der Waals surface area (Å²) in [7, 11) is 0. The van der Waals surface area contributed by atoms with E-state index >= 15 is 0 Å². The molecule has 0 N–H and O–H groups in total. The fourth-order valence-corrected chi connectivity index (χ4v) is 6.63. The fourth-order valence-electron chi connectivity index (χ4n) is 4.63. The number of benzene rings is 1. The van der Waals surface area contributed by atoms with E-state index in [0.29, 0.717) is 5.92 Å². The van der Waals surface area contributed by atoms with E-state index in [1.54, 1.807) is 23.1 Å². The smallest absolute Gasteiger partial charge is 0.197 e. The molecule has 6 rings (SSSR count). The maximum absolute atomic E-state index is 5.13. The number of hydrogen-bond acceptors (Lipinski definition) is 6. The van der Waals surface area contributed by atoms with Crippen LogP contribution in [0.15, 0.2) is 41.8 Å². The summed E-state index contributed by atoms with van der Waals surface area (Å²) >= 11 is 3.41. The van der Waals surface area contributed by atoms with Crippen LogP contribution in [0.1, 0.15) is 55.0 Å². The first kappa shape index (κ1) is 19.2. The number of aryl methyl sites for hydroxylation is 1. The highest BCUT2D eigenvalue weighted by Crippen LogP contribution is 2.41. The van der Waals surface area contributed by atoms with E-state index in [2.05, 4.69) is 48.3 Å². The van der Waals surface area contributed by atoms with Crippen LogP contribution in [0.3, 0.4) is 0 Å². The van der Waals surface area contributed by atoms with E-state index in [9.17, 15) is 0 Å². The van der Waals surface area contributed by atoms with E-state index in [0.717, 1.165) is 44.4 Å². The molecule has 0 fully saturated rings. The molecule has 0 radical (unpaired) electrons. The first-order valence-electron chi connectivity index (χ1n) is 10.8. The summed E-state index contributed by atoms with van der Waals surface area (Å²) in [5, 5.41) is 11.2. The third kappa shape index (κ3) is 3.13. The minimum Gasteiger partial charge on any atom is -0.259 e. The lowest BCUT2D eigenvalue weighted by Gasteiger charge is -2.21. The van der Waals surface area contributed by atoms with Gasteiger partial charge in [0.05, 0.1) is 5.52 Å². The molecule has 31 heavy (non-hydrogen) atoms. The van der Waals surface area contributed by atoms with Gasteiger partial charge in [0, 0.05) is 16.8 Å². The molecular formula is C24H23N5S2. The van der Waals surface area contributed by atoms with E-state index in [1.807, 2.05) is 16.8 Å². The van der Waals surface area contributed by atoms with Gasteiger partial charge in [0.15, 0.2) is 10.8 Å². The Morgan fingerprint density at radius 3 is 2.68 bits per heavy atom. The average molecular weight is 446 g/mol. The molecule has 0 spiro atoms. The number of hydrogen-bond donors (Lipinski definition) is 0. The van der Waals surface area contributed by atoms with Gasteiger partial charge in [0.25, 0.3) is 0 Å². The van der Waals surface area contributed by atoms with Gasteiger partial charge in [-0.05, 0) is 48.3 Å². The molecule has 156 valence electrons. The molecule has 0 bridgehead atoms. The first-order valence-corrected chi connectivity index (χ1v) is 12.6. The van der Waals surface area contributed by atoms with Gasteiger partial charge >= 0.3 is 0 Å². The Balaban J connectivity index is 1.50. The molecule has 0 saturated heterocycles. The normalized spacial score (nSPS) is 14.2. The Bertz CT molecular complexity index is 1420. The van der Waals surface area contributed by atoms with Gasteiger partial charge in [0.2, 0.25) is 0 Å². The molecule has 1 aliphatic carbocycles. The van der Waals surface area contributed by atoms with Crippen LogP contribution in [0.25, 0.3) is 26.1 Å². The van der Waals surface area contributed by atoms with Crippen LogP contribution >= 0.6 is 23.1 Å². The van der Waals surface area contributed by atoms with Crippen molar-refractivity contribution in [1.82, 2.24) is 24.6 Å². The van der Waals surface area contributed by atoms with Gasteiger partial charge in [-0.15, -0.1) is 21.5 Å². The molecule has 0 unspecified atom stereocenters. The van der Waals surface area contributed by atoms with Crippen molar-refractivity contribution in [1.29, 1.82) is 0 Å². The zero-order valence-electron chi connectivity index (χ0n) is 17.6. The van der Waals surface area contributed by atoms with Crippen molar-refractivity contribution in [2.24, 2.45) is 0 Å². The van der Waals surface area contributed by atoms with Crippen LogP contribution in [-0.4, -0.2) is 24.6 Å². The average Bonchev–Trinajstić information content (AvgIpc) is 3.38. The summed E-state index contributed by atoms with van der Waals surface area (Å²) in [5.41, 5.74) is 7.42. The molecule has 0 aliphatic heterocycles. The minimum atomic E-state index is 0.434. The lowest BCUT2D eigenvalue weighted by molar-refractivity contribution is 0.667. The molecule has 7 heteroatoms. The monoisotopic (exact) mass is 445 g/mol. The fraction of sp³-hybridized carbons (Fsp3) is 0.333. The molecule has 0 saturated carbocycles. The van der Waals surface area contributed by atoms with Gasteiger partial charge in [-0.3, -0.25) is 4.40 Å². The van der Waals surface area contributed by atoms with Gasteiger partial charge in [-0.1, -0.05) is 55.9 Å². The van der Waals surface area contributed by atoms with Gasteiger partial charge in [0.1, 0.15) is 15.9 Å². The van der Waals surface area contributed by atoms with Crippen LogP contribution < -0.4 is 0 Å². The van der Waals surface area contributed by atoms with Gasteiger partial charge in [-0.2, -0.15) is 0 Å². The van der Waals surface area contributed by atoms with Crippen LogP contribution in [0, 0.1) is 0 Å². The molecule has 5 nitrogen and oxygen atoms in total. The predicted molar refractivity (Wildman–Crippen MR) is 128 cm³/mol. The SMILES string of the molecule is CC(C)c1nc2sc3c(ncn4c(SCc5ccccc5)nnc34)c2c2c1CCCC2. The van der Waals surface area contributed by atoms with Gasteiger partial charge < -0.3 is 0 Å². The van der Waals surface area contributed by atoms with Crippen molar-refractivity contribution in [3.63, 3.8) is 0 Å². The van der Waals surface area contributed by atoms with Gasteiger partial charge in [-0.25, -0.2) is 9.97 Å². The molecule has 0 amide bonds. The van der Waals surface area contributed by atoms with E-state index in [-0.39, 0.29) is 0 Å². The molecule has 4 heterocycles. The lowest BCUT2D eigenvalue weighted by atomic mass is 9.86. The highest BCUT2D eigenvalue weighted by atomic mass is 32.2. The third-order valence-electron chi connectivity index (χ3n) is 6.09. The van der Waals surface area contributed by atoms with Crippen molar-refractivity contribution in [3.8, 4) is 0 Å². The Kier molecular flexibility index (Phi) is 4.69. The molecular weight excluding hydrogens is 422 g/mol. The molecule has 1 aliphatic rings. The summed E-state index contributed by atoms with van der Waals surface area (Å²) in [6, 6.07) is 10.5. The quantitative estimate of drug-likeness (QED) is 0.309. The molecule has 1 aromatic carbocycles. The predicted octanol–water partition coefficient (Wildman–Crippen LogP) is 6.18. The Morgan fingerprint density at radius 1 is 1.06 bits per heavy atom. The number of thiophene rings is 1. The van der Waals surface area contributed by atoms with E-state index in [1.165, 1.54) is 40.6 Å². The number of thioether (sulfide) groups is 1. The van der Waals surface area contributed by atoms with Crippen molar-refractivity contribution in [2.45, 2.75) is 56.4 Å². The van der Waals surface area contributed by atoms with Crippen molar-refractivity contribution < 1.29 is 0 Å². The summed E-state index contributed by atoms with van der Waals surface area (Å²) in [4.78, 5) is 11.1. The maximum Gasteiger partial charge on any atom is 0.197 e. The number of pyridine rings is 1. The summed E-state index contributed by atoms with van der Waals surface area (Å²) in [6.45, 7) is 4.50. The summed E-state index contributed by atoms with van der Waals surface area (Å²) < 4.78 is 3.12. The zero-order chi connectivity index (χ0) is 20.9. The van der Waals surface area contributed by atoms with Crippen LogP contribution in [0.5, 0.6) is 0 Å². The summed E-state index contributed by atoms with van der Waals surface area (Å²) in [6.07, 6.45) is 6.65. The third-order valence-corrected chi connectivity index (χ3v) is 8.18.